The number of hydrogen-bond acceptors (Lipinski definition) is 4. The van der Waals surface area contributed by atoms with Crippen molar-refractivity contribution in [1.82, 2.24) is 0 Å². The van der Waals surface area contributed by atoms with Crippen LogP contribution in [0.15, 0.2) is 11.4 Å². The third-order valence-electron chi connectivity index (χ3n) is 1.13. The fourth-order valence-corrected chi connectivity index (χ4v) is 2.55. The number of thiophene rings is 1. The Morgan fingerprint density at radius 1 is 1.67 bits per heavy atom. The Hall–Kier alpha value is -0.900. The van der Waals surface area contributed by atoms with Crippen molar-refractivity contribution in [1.29, 1.82) is 5.26 Å². The van der Waals surface area contributed by atoms with Gasteiger partial charge in [0.15, 0.2) is 0 Å². The summed E-state index contributed by atoms with van der Waals surface area (Å²) >= 11 is 1.22. The number of hydrogen-bond donors (Lipinski definition) is 1. The molecule has 0 amide bonds. The van der Waals surface area contributed by atoms with E-state index >= 15 is 0 Å². The number of nitrogens with zero attached hydrogens (tertiary/aromatic N) is 1. The van der Waals surface area contributed by atoms with Gasteiger partial charge in [-0.3, -0.25) is 0 Å². The van der Waals surface area contributed by atoms with Gasteiger partial charge in [0.2, 0.25) is 10.0 Å². The Kier molecular flexibility index (Phi) is 2.47. The molecule has 2 N–H and O–H groups in total. The largest absolute Gasteiger partial charge is 0.228 e. The summed E-state index contributed by atoms with van der Waals surface area (Å²) < 4.78 is 21.2. The van der Waals surface area contributed by atoms with E-state index in [2.05, 4.69) is 0 Å². The first kappa shape index (κ1) is 9.19. The fourth-order valence-electron chi connectivity index (χ4n) is 0.713. The fraction of sp³-hybridized carbons (Fsp3) is 0.167. The van der Waals surface area contributed by atoms with Crippen LogP contribution in [0.3, 0.4) is 0 Å². The lowest BCUT2D eigenvalue weighted by Crippen LogP contribution is -2.13. The molecule has 0 bridgehead atoms. The van der Waals surface area contributed by atoms with Crippen molar-refractivity contribution >= 4 is 21.4 Å². The van der Waals surface area contributed by atoms with Crippen LogP contribution in [-0.2, 0) is 15.8 Å². The van der Waals surface area contributed by atoms with E-state index in [9.17, 15) is 8.42 Å². The minimum atomic E-state index is -3.47. The number of sulfonamides is 1. The summed E-state index contributed by atoms with van der Waals surface area (Å²) in [6.07, 6.45) is 0. The summed E-state index contributed by atoms with van der Waals surface area (Å²) in [6, 6.07) is 3.43. The van der Waals surface area contributed by atoms with Gasteiger partial charge in [0.1, 0.15) is 6.07 Å². The van der Waals surface area contributed by atoms with Gasteiger partial charge >= 0.3 is 0 Å². The van der Waals surface area contributed by atoms with Crippen LogP contribution < -0.4 is 5.14 Å². The highest BCUT2D eigenvalue weighted by atomic mass is 32.2. The molecule has 1 heterocycles. The van der Waals surface area contributed by atoms with Crippen molar-refractivity contribution in [2.24, 2.45) is 5.14 Å². The Labute approximate surface area is 74.3 Å². The van der Waals surface area contributed by atoms with Crippen LogP contribution in [0.5, 0.6) is 0 Å². The lowest BCUT2D eigenvalue weighted by molar-refractivity contribution is 0.597. The molecule has 0 saturated heterocycles. The maximum absolute atomic E-state index is 10.6. The smallest absolute Gasteiger partial charge is 0.214 e. The van der Waals surface area contributed by atoms with Gasteiger partial charge in [-0.25, -0.2) is 13.6 Å². The van der Waals surface area contributed by atoms with E-state index in [1.165, 1.54) is 17.4 Å². The van der Waals surface area contributed by atoms with Gasteiger partial charge in [-0.05, 0) is 6.07 Å². The number of rotatable bonds is 2. The quantitative estimate of drug-likeness (QED) is 0.753. The second-order valence-corrected chi connectivity index (χ2v) is 4.83. The first-order chi connectivity index (χ1) is 5.51. The molecule has 0 atom stereocenters. The van der Waals surface area contributed by atoms with Gasteiger partial charge in [0.25, 0.3) is 0 Å². The van der Waals surface area contributed by atoms with Crippen molar-refractivity contribution in [3.8, 4) is 6.07 Å². The van der Waals surface area contributed by atoms with Gasteiger partial charge in [-0.2, -0.15) is 5.26 Å². The molecule has 4 nitrogen and oxygen atoms in total. The number of nitrogens with two attached hydrogens (primary N) is 1. The van der Waals surface area contributed by atoms with Crippen molar-refractivity contribution in [3.05, 3.63) is 21.9 Å². The topological polar surface area (TPSA) is 83.9 Å². The second kappa shape index (κ2) is 3.23. The summed E-state index contributed by atoms with van der Waals surface area (Å²) in [7, 11) is -3.47. The first-order valence-corrected chi connectivity index (χ1v) is 5.59. The van der Waals surface area contributed by atoms with Crippen LogP contribution in [0.2, 0.25) is 0 Å². The van der Waals surface area contributed by atoms with E-state index in [4.69, 9.17) is 10.4 Å². The lowest BCUT2D eigenvalue weighted by Gasteiger charge is -1.91. The highest BCUT2D eigenvalue weighted by Gasteiger charge is 2.07. The number of nitriles is 1. The molecule has 0 unspecified atom stereocenters. The summed E-state index contributed by atoms with van der Waals surface area (Å²) in [6.45, 7) is 0. The van der Waals surface area contributed by atoms with Crippen LogP contribution in [0.1, 0.15) is 10.4 Å². The average molecular weight is 202 g/mol. The molecule has 12 heavy (non-hydrogen) atoms. The molecule has 1 aromatic heterocycles. The van der Waals surface area contributed by atoms with Crippen LogP contribution in [0.25, 0.3) is 0 Å². The Morgan fingerprint density at radius 2 is 2.33 bits per heavy atom. The summed E-state index contributed by atoms with van der Waals surface area (Å²) in [5.41, 5.74) is 0.471. The standard InChI is InChI=1S/C6H6N2O2S2/c7-2-5-1-6(11-3-5)4-12(8,9)10/h1,3H,4H2,(H2,8,9,10). The molecule has 0 aromatic carbocycles. The molecule has 0 fully saturated rings. The molecular formula is C6H6N2O2S2. The Balaban J connectivity index is 2.87. The third-order valence-corrected chi connectivity index (χ3v) is 2.96. The molecule has 64 valence electrons. The van der Waals surface area contributed by atoms with E-state index < -0.39 is 10.0 Å². The first-order valence-electron chi connectivity index (χ1n) is 2.99. The minimum Gasteiger partial charge on any atom is -0.228 e. The van der Waals surface area contributed by atoms with Gasteiger partial charge in [-0.1, -0.05) is 0 Å². The molecule has 0 radical (unpaired) electrons. The second-order valence-electron chi connectivity index (χ2n) is 2.22. The zero-order valence-corrected chi connectivity index (χ0v) is 7.65. The molecule has 0 aliphatic heterocycles. The minimum absolute atomic E-state index is 0.195. The third kappa shape index (κ3) is 2.62. The zero-order valence-electron chi connectivity index (χ0n) is 6.02. The molecule has 0 aliphatic carbocycles. The summed E-state index contributed by atoms with van der Waals surface area (Å²) in [4.78, 5) is 0.592. The van der Waals surface area contributed by atoms with Crippen molar-refractivity contribution in [2.75, 3.05) is 0 Å². The molecule has 1 rings (SSSR count). The van der Waals surface area contributed by atoms with Crippen LogP contribution in [0.4, 0.5) is 0 Å². The van der Waals surface area contributed by atoms with Crippen LogP contribution >= 0.6 is 11.3 Å². The zero-order chi connectivity index (χ0) is 9.19. The van der Waals surface area contributed by atoms with E-state index in [0.717, 1.165) is 0 Å². The van der Waals surface area contributed by atoms with Gasteiger partial charge in [-0.15, -0.1) is 11.3 Å². The van der Waals surface area contributed by atoms with Crippen LogP contribution in [-0.4, -0.2) is 8.42 Å². The molecular weight excluding hydrogens is 196 g/mol. The summed E-state index contributed by atoms with van der Waals surface area (Å²) in [5.74, 6) is -0.195. The van der Waals surface area contributed by atoms with Gasteiger partial charge < -0.3 is 0 Å². The van der Waals surface area contributed by atoms with E-state index in [1.54, 1.807) is 5.38 Å². The SMILES string of the molecule is N#Cc1csc(CS(N)(=O)=O)c1. The monoisotopic (exact) mass is 202 g/mol. The maximum Gasteiger partial charge on any atom is 0.214 e. The average Bonchev–Trinajstić information content (AvgIpc) is 2.32. The van der Waals surface area contributed by atoms with Gasteiger partial charge in [0, 0.05) is 10.3 Å². The number of primary sulfonamides is 1. The predicted octanol–water partition coefficient (Wildman–Crippen LogP) is 0.408. The molecule has 6 heteroatoms. The highest BCUT2D eigenvalue weighted by molar-refractivity contribution is 7.88. The van der Waals surface area contributed by atoms with Crippen molar-refractivity contribution in [3.63, 3.8) is 0 Å². The van der Waals surface area contributed by atoms with E-state index in [1.807, 2.05) is 6.07 Å². The predicted molar refractivity (Wildman–Crippen MR) is 45.8 cm³/mol. The lowest BCUT2D eigenvalue weighted by atomic mass is 10.3. The van der Waals surface area contributed by atoms with Gasteiger partial charge in [0.05, 0.1) is 11.3 Å². The van der Waals surface area contributed by atoms with E-state index in [0.29, 0.717) is 10.4 Å². The highest BCUT2D eigenvalue weighted by Crippen LogP contribution is 2.15. The van der Waals surface area contributed by atoms with E-state index in [-0.39, 0.29) is 5.75 Å². The van der Waals surface area contributed by atoms with Crippen LogP contribution in [0, 0.1) is 11.3 Å². The Morgan fingerprint density at radius 3 is 2.75 bits per heavy atom. The molecule has 0 saturated carbocycles. The molecule has 0 spiro atoms. The Bertz CT molecular complexity index is 413. The summed E-state index contributed by atoms with van der Waals surface area (Å²) in [5, 5.41) is 14.8. The van der Waals surface area contributed by atoms with Crippen molar-refractivity contribution < 1.29 is 8.42 Å². The normalized spacial score (nSPS) is 11.0. The maximum atomic E-state index is 10.6. The molecule has 1 aromatic rings. The molecule has 0 aliphatic rings. The van der Waals surface area contributed by atoms with Crippen molar-refractivity contribution in [2.45, 2.75) is 5.75 Å².